The molecule has 2 aromatic carbocycles. The van der Waals surface area contributed by atoms with Crippen LogP contribution in [0, 0.1) is 0 Å². The molecule has 0 unspecified atom stereocenters. The summed E-state index contributed by atoms with van der Waals surface area (Å²) >= 11 is 11.9. The SMILES string of the molecule is CN(Cc1cc(Cl)cc(Cl)c1)C(=O)c1ccc(N)cc1. The topological polar surface area (TPSA) is 46.3 Å². The number of nitrogen functional groups attached to an aromatic ring is 1. The predicted octanol–water partition coefficient (Wildman–Crippen LogP) is 3.85. The van der Waals surface area contributed by atoms with Crippen LogP contribution in [0.2, 0.25) is 10.0 Å². The van der Waals surface area contributed by atoms with E-state index in [4.69, 9.17) is 28.9 Å². The van der Waals surface area contributed by atoms with Gasteiger partial charge in [-0.25, -0.2) is 0 Å². The van der Waals surface area contributed by atoms with Crippen LogP contribution in [0.5, 0.6) is 0 Å². The van der Waals surface area contributed by atoms with Gasteiger partial charge in [0.15, 0.2) is 0 Å². The number of hydrogen-bond acceptors (Lipinski definition) is 2. The molecule has 0 aliphatic heterocycles. The second-order valence-corrected chi connectivity index (χ2v) is 5.43. The van der Waals surface area contributed by atoms with Gasteiger partial charge in [-0.2, -0.15) is 0 Å². The Hall–Kier alpha value is -1.71. The maximum atomic E-state index is 12.2. The molecule has 0 spiro atoms. The van der Waals surface area contributed by atoms with Crippen LogP contribution in [0.3, 0.4) is 0 Å². The van der Waals surface area contributed by atoms with Crippen molar-refractivity contribution in [2.24, 2.45) is 0 Å². The van der Waals surface area contributed by atoms with Gasteiger partial charge >= 0.3 is 0 Å². The van der Waals surface area contributed by atoms with Gasteiger partial charge in [-0.05, 0) is 48.0 Å². The minimum atomic E-state index is -0.0823. The number of rotatable bonds is 3. The lowest BCUT2D eigenvalue weighted by Gasteiger charge is -2.17. The van der Waals surface area contributed by atoms with Crippen molar-refractivity contribution in [3.8, 4) is 0 Å². The Bertz CT molecular complexity index is 606. The van der Waals surface area contributed by atoms with E-state index in [1.807, 2.05) is 0 Å². The molecule has 2 aromatic rings. The molecule has 20 heavy (non-hydrogen) atoms. The number of nitrogens with zero attached hydrogens (tertiary/aromatic N) is 1. The van der Waals surface area contributed by atoms with E-state index in [1.54, 1.807) is 54.4 Å². The van der Waals surface area contributed by atoms with E-state index < -0.39 is 0 Å². The Morgan fingerprint density at radius 3 is 2.20 bits per heavy atom. The Balaban J connectivity index is 2.13. The minimum absolute atomic E-state index is 0.0823. The zero-order chi connectivity index (χ0) is 14.7. The zero-order valence-corrected chi connectivity index (χ0v) is 12.4. The normalized spacial score (nSPS) is 10.3. The molecule has 0 radical (unpaired) electrons. The van der Waals surface area contributed by atoms with Gasteiger partial charge in [0.05, 0.1) is 0 Å². The van der Waals surface area contributed by atoms with E-state index in [9.17, 15) is 4.79 Å². The standard InChI is InChI=1S/C15H14Cl2N2O/c1-19(9-10-6-12(16)8-13(17)7-10)15(20)11-2-4-14(18)5-3-11/h2-8H,9,18H2,1H3. The second kappa shape index (κ2) is 6.16. The van der Waals surface area contributed by atoms with E-state index in [-0.39, 0.29) is 5.91 Å². The summed E-state index contributed by atoms with van der Waals surface area (Å²) in [6.07, 6.45) is 0. The molecule has 104 valence electrons. The third kappa shape index (κ3) is 3.65. The first kappa shape index (κ1) is 14.7. The van der Waals surface area contributed by atoms with Crippen molar-refractivity contribution in [1.82, 2.24) is 4.90 Å². The summed E-state index contributed by atoms with van der Waals surface area (Å²) in [6.45, 7) is 0.434. The Labute approximate surface area is 127 Å². The van der Waals surface area contributed by atoms with Crippen molar-refractivity contribution in [3.05, 3.63) is 63.6 Å². The fourth-order valence-electron chi connectivity index (χ4n) is 1.89. The Morgan fingerprint density at radius 2 is 1.65 bits per heavy atom. The molecule has 5 heteroatoms. The van der Waals surface area contributed by atoms with Gasteiger partial charge in [-0.1, -0.05) is 23.2 Å². The molecular weight excluding hydrogens is 295 g/mol. The lowest BCUT2D eigenvalue weighted by molar-refractivity contribution is 0.0785. The third-order valence-electron chi connectivity index (χ3n) is 2.85. The van der Waals surface area contributed by atoms with E-state index >= 15 is 0 Å². The fourth-order valence-corrected chi connectivity index (χ4v) is 2.47. The van der Waals surface area contributed by atoms with Crippen LogP contribution >= 0.6 is 23.2 Å². The lowest BCUT2D eigenvalue weighted by atomic mass is 10.1. The molecule has 0 aromatic heterocycles. The molecule has 0 bridgehead atoms. The number of carbonyl (C=O) groups excluding carboxylic acids is 1. The summed E-state index contributed by atoms with van der Waals surface area (Å²) in [6, 6.07) is 12.1. The van der Waals surface area contributed by atoms with Crippen LogP contribution in [-0.4, -0.2) is 17.9 Å². The monoisotopic (exact) mass is 308 g/mol. The summed E-state index contributed by atoms with van der Waals surface area (Å²) in [5, 5.41) is 1.11. The molecule has 0 heterocycles. The zero-order valence-electron chi connectivity index (χ0n) is 10.9. The van der Waals surface area contributed by atoms with Gasteiger partial charge in [-0.3, -0.25) is 4.79 Å². The maximum Gasteiger partial charge on any atom is 0.253 e. The first-order valence-electron chi connectivity index (χ1n) is 6.01. The summed E-state index contributed by atoms with van der Waals surface area (Å²) in [4.78, 5) is 13.9. The maximum absolute atomic E-state index is 12.2. The molecular formula is C15H14Cl2N2O. The Morgan fingerprint density at radius 1 is 1.10 bits per heavy atom. The van der Waals surface area contributed by atoms with Crippen LogP contribution < -0.4 is 5.73 Å². The highest BCUT2D eigenvalue weighted by atomic mass is 35.5. The number of halogens is 2. The van der Waals surface area contributed by atoms with E-state index in [0.29, 0.717) is 27.8 Å². The van der Waals surface area contributed by atoms with Crippen LogP contribution in [0.4, 0.5) is 5.69 Å². The van der Waals surface area contributed by atoms with Crippen molar-refractivity contribution in [2.75, 3.05) is 12.8 Å². The largest absolute Gasteiger partial charge is 0.399 e. The van der Waals surface area contributed by atoms with Gasteiger partial charge in [0.25, 0.3) is 5.91 Å². The third-order valence-corrected chi connectivity index (χ3v) is 3.28. The number of amides is 1. The highest BCUT2D eigenvalue weighted by Crippen LogP contribution is 2.20. The first-order chi connectivity index (χ1) is 9.45. The van der Waals surface area contributed by atoms with Crippen molar-refractivity contribution in [2.45, 2.75) is 6.54 Å². The molecule has 1 amide bonds. The summed E-state index contributed by atoms with van der Waals surface area (Å²) in [7, 11) is 1.73. The van der Waals surface area contributed by atoms with Crippen LogP contribution in [-0.2, 0) is 6.54 Å². The van der Waals surface area contributed by atoms with Crippen molar-refractivity contribution in [1.29, 1.82) is 0 Å². The summed E-state index contributed by atoms with van der Waals surface area (Å²) < 4.78 is 0. The van der Waals surface area contributed by atoms with Crippen molar-refractivity contribution < 1.29 is 4.79 Å². The number of hydrogen-bond donors (Lipinski definition) is 1. The van der Waals surface area contributed by atoms with E-state index in [0.717, 1.165) is 5.56 Å². The van der Waals surface area contributed by atoms with Crippen molar-refractivity contribution >= 4 is 34.8 Å². The molecule has 0 saturated heterocycles. The average molecular weight is 309 g/mol. The molecule has 0 atom stereocenters. The summed E-state index contributed by atoms with van der Waals surface area (Å²) in [5.74, 6) is -0.0823. The quantitative estimate of drug-likeness (QED) is 0.875. The minimum Gasteiger partial charge on any atom is -0.399 e. The second-order valence-electron chi connectivity index (χ2n) is 4.56. The molecule has 2 N–H and O–H groups in total. The van der Waals surface area contributed by atoms with E-state index in [2.05, 4.69) is 0 Å². The highest BCUT2D eigenvalue weighted by molar-refractivity contribution is 6.34. The summed E-state index contributed by atoms with van der Waals surface area (Å²) in [5.41, 5.74) is 7.71. The fraction of sp³-hybridized carbons (Fsp3) is 0.133. The number of benzene rings is 2. The Kier molecular flexibility index (Phi) is 4.53. The van der Waals surface area contributed by atoms with Gasteiger partial charge in [0, 0.05) is 34.9 Å². The number of nitrogens with two attached hydrogens (primary N) is 1. The number of carbonyl (C=O) groups is 1. The van der Waals surface area contributed by atoms with Crippen LogP contribution in [0.15, 0.2) is 42.5 Å². The van der Waals surface area contributed by atoms with Gasteiger partial charge < -0.3 is 10.6 Å². The predicted molar refractivity (Wildman–Crippen MR) is 83.1 cm³/mol. The smallest absolute Gasteiger partial charge is 0.253 e. The van der Waals surface area contributed by atoms with Gasteiger partial charge in [0.2, 0.25) is 0 Å². The molecule has 0 aliphatic rings. The number of anilines is 1. The average Bonchev–Trinajstić information content (AvgIpc) is 2.37. The molecule has 0 saturated carbocycles. The first-order valence-corrected chi connectivity index (χ1v) is 6.77. The molecule has 0 fully saturated rings. The van der Waals surface area contributed by atoms with Gasteiger partial charge in [0.1, 0.15) is 0 Å². The lowest BCUT2D eigenvalue weighted by Crippen LogP contribution is -2.26. The molecule has 3 nitrogen and oxygen atoms in total. The highest BCUT2D eigenvalue weighted by Gasteiger charge is 2.12. The molecule has 2 rings (SSSR count). The van der Waals surface area contributed by atoms with Crippen LogP contribution in [0.1, 0.15) is 15.9 Å². The van der Waals surface area contributed by atoms with Crippen molar-refractivity contribution in [3.63, 3.8) is 0 Å². The molecule has 0 aliphatic carbocycles. The van der Waals surface area contributed by atoms with Crippen LogP contribution in [0.25, 0.3) is 0 Å². The van der Waals surface area contributed by atoms with Gasteiger partial charge in [-0.15, -0.1) is 0 Å². The van der Waals surface area contributed by atoms with E-state index in [1.165, 1.54) is 0 Å².